The lowest BCUT2D eigenvalue weighted by molar-refractivity contribution is 0.307. The molecule has 0 aliphatic carbocycles. The highest BCUT2D eigenvalue weighted by molar-refractivity contribution is 5.40. The maximum Gasteiger partial charge on any atom is 0.127 e. The van der Waals surface area contributed by atoms with Crippen molar-refractivity contribution in [2.24, 2.45) is 0 Å². The molecule has 0 aromatic heterocycles. The van der Waals surface area contributed by atoms with Crippen molar-refractivity contribution >= 4 is 0 Å². The second kappa shape index (κ2) is 8.81. The Hall–Kier alpha value is -1.22. The molecule has 0 amide bonds. The highest BCUT2D eigenvalue weighted by atomic mass is 16.5. The normalized spacial score (nSPS) is 10.4. The number of ether oxygens (including phenoxy) is 2. The lowest BCUT2D eigenvalue weighted by Crippen LogP contribution is -2.14. The summed E-state index contributed by atoms with van der Waals surface area (Å²) in [4.78, 5) is 0. The van der Waals surface area contributed by atoms with E-state index < -0.39 is 0 Å². The summed E-state index contributed by atoms with van der Waals surface area (Å²) in [7, 11) is 0. The van der Waals surface area contributed by atoms with Crippen molar-refractivity contribution in [3.8, 4) is 11.5 Å². The molecule has 0 bridgehead atoms. The van der Waals surface area contributed by atoms with Gasteiger partial charge in [-0.3, -0.25) is 0 Å². The average molecular weight is 251 g/mol. The van der Waals surface area contributed by atoms with Crippen molar-refractivity contribution in [2.45, 2.75) is 40.2 Å². The zero-order valence-corrected chi connectivity index (χ0v) is 11.8. The van der Waals surface area contributed by atoms with Gasteiger partial charge in [-0.2, -0.15) is 0 Å². The monoisotopic (exact) mass is 251 g/mol. The topological polar surface area (TPSA) is 30.5 Å². The van der Waals surface area contributed by atoms with Crippen LogP contribution in [0.4, 0.5) is 0 Å². The van der Waals surface area contributed by atoms with Crippen molar-refractivity contribution in [3.63, 3.8) is 0 Å². The van der Waals surface area contributed by atoms with Gasteiger partial charge in [-0.25, -0.2) is 0 Å². The Kier molecular flexibility index (Phi) is 7.26. The molecule has 0 saturated carbocycles. The summed E-state index contributed by atoms with van der Waals surface area (Å²) in [6.07, 6.45) is 2.16. The van der Waals surface area contributed by atoms with E-state index in [4.69, 9.17) is 9.47 Å². The minimum absolute atomic E-state index is 0.679. The van der Waals surface area contributed by atoms with E-state index in [0.717, 1.165) is 44.0 Å². The second-order valence-electron chi connectivity index (χ2n) is 4.23. The van der Waals surface area contributed by atoms with Gasteiger partial charge in [0.2, 0.25) is 0 Å². The van der Waals surface area contributed by atoms with E-state index in [9.17, 15) is 0 Å². The molecule has 0 saturated heterocycles. The van der Waals surface area contributed by atoms with Crippen molar-refractivity contribution < 1.29 is 9.47 Å². The fourth-order valence-electron chi connectivity index (χ4n) is 1.68. The van der Waals surface area contributed by atoms with Gasteiger partial charge in [0, 0.05) is 18.2 Å². The molecule has 3 nitrogen and oxygen atoms in total. The van der Waals surface area contributed by atoms with Crippen LogP contribution in [0.1, 0.15) is 39.2 Å². The van der Waals surface area contributed by atoms with Gasteiger partial charge in [0.05, 0.1) is 13.2 Å². The third kappa shape index (κ3) is 4.96. The Morgan fingerprint density at radius 3 is 2.56 bits per heavy atom. The Labute approximate surface area is 110 Å². The molecule has 0 atom stereocenters. The van der Waals surface area contributed by atoms with Gasteiger partial charge in [0.25, 0.3) is 0 Å². The van der Waals surface area contributed by atoms with Gasteiger partial charge in [-0.1, -0.05) is 19.9 Å². The molecule has 0 aliphatic heterocycles. The molecular formula is C15H25NO2. The van der Waals surface area contributed by atoms with Crippen LogP contribution in [-0.2, 0) is 6.54 Å². The lowest BCUT2D eigenvalue weighted by atomic mass is 10.2. The molecule has 3 heteroatoms. The van der Waals surface area contributed by atoms with Crippen molar-refractivity contribution in [2.75, 3.05) is 19.8 Å². The maximum atomic E-state index is 5.67. The fraction of sp³-hybridized carbons (Fsp3) is 0.600. The molecule has 1 aromatic rings. The molecular weight excluding hydrogens is 226 g/mol. The van der Waals surface area contributed by atoms with E-state index in [1.807, 2.05) is 19.1 Å². The third-order valence-corrected chi connectivity index (χ3v) is 2.55. The van der Waals surface area contributed by atoms with Crippen molar-refractivity contribution in [1.29, 1.82) is 0 Å². The van der Waals surface area contributed by atoms with Gasteiger partial charge < -0.3 is 14.8 Å². The molecule has 0 spiro atoms. The molecule has 0 heterocycles. The number of rotatable bonds is 9. The molecule has 102 valence electrons. The first-order chi connectivity index (χ1) is 8.81. The first kappa shape index (κ1) is 14.8. The number of benzene rings is 1. The highest BCUT2D eigenvalue weighted by Gasteiger charge is 2.05. The quantitative estimate of drug-likeness (QED) is 0.683. The lowest BCUT2D eigenvalue weighted by Gasteiger charge is -2.13. The second-order valence-corrected chi connectivity index (χ2v) is 4.23. The summed E-state index contributed by atoms with van der Waals surface area (Å²) in [6, 6.07) is 6.09. The zero-order chi connectivity index (χ0) is 13.2. The van der Waals surface area contributed by atoms with Crippen LogP contribution >= 0.6 is 0 Å². The van der Waals surface area contributed by atoms with Gasteiger partial charge in [-0.15, -0.1) is 0 Å². The molecule has 1 aromatic carbocycles. The Balaban J connectivity index is 2.69. The summed E-state index contributed by atoms with van der Waals surface area (Å²) in [5.74, 6) is 1.81. The minimum Gasteiger partial charge on any atom is -0.493 e. The molecule has 0 aliphatic rings. The van der Waals surface area contributed by atoms with E-state index in [0.29, 0.717) is 6.61 Å². The van der Waals surface area contributed by atoms with E-state index in [-0.39, 0.29) is 0 Å². The summed E-state index contributed by atoms with van der Waals surface area (Å²) in [5, 5.41) is 3.39. The average Bonchev–Trinajstić information content (AvgIpc) is 2.39. The van der Waals surface area contributed by atoms with E-state index >= 15 is 0 Å². The number of hydrogen-bond acceptors (Lipinski definition) is 3. The van der Waals surface area contributed by atoms with Crippen LogP contribution in [0.3, 0.4) is 0 Å². The fourth-order valence-corrected chi connectivity index (χ4v) is 1.68. The van der Waals surface area contributed by atoms with Crippen LogP contribution in [0.5, 0.6) is 11.5 Å². The predicted molar refractivity (Wildman–Crippen MR) is 75.4 cm³/mol. The molecule has 1 N–H and O–H groups in total. The molecule has 1 rings (SSSR count). The SMILES string of the molecule is CCCNCc1ccc(OCCC)cc1OCC. The zero-order valence-electron chi connectivity index (χ0n) is 11.8. The van der Waals surface area contributed by atoms with E-state index in [2.05, 4.69) is 25.2 Å². The van der Waals surface area contributed by atoms with Crippen LogP contribution in [0.25, 0.3) is 0 Å². The smallest absolute Gasteiger partial charge is 0.127 e. The van der Waals surface area contributed by atoms with Crippen molar-refractivity contribution in [1.82, 2.24) is 5.32 Å². The molecule has 0 unspecified atom stereocenters. The largest absolute Gasteiger partial charge is 0.493 e. The highest BCUT2D eigenvalue weighted by Crippen LogP contribution is 2.25. The first-order valence-electron chi connectivity index (χ1n) is 6.91. The summed E-state index contributed by atoms with van der Waals surface area (Å²) in [6.45, 7) is 9.57. The van der Waals surface area contributed by atoms with Crippen LogP contribution < -0.4 is 14.8 Å². The summed E-state index contributed by atoms with van der Waals surface area (Å²) in [5.41, 5.74) is 1.19. The van der Waals surface area contributed by atoms with E-state index in [1.54, 1.807) is 0 Å². The van der Waals surface area contributed by atoms with Crippen LogP contribution in [0.2, 0.25) is 0 Å². The van der Waals surface area contributed by atoms with Crippen LogP contribution in [-0.4, -0.2) is 19.8 Å². The van der Waals surface area contributed by atoms with Gasteiger partial charge in [-0.05, 0) is 32.4 Å². The van der Waals surface area contributed by atoms with Gasteiger partial charge in [0.1, 0.15) is 11.5 Å². The number of nitrogens with one attached hydrogen (secondary N) is 1. The summed E-state index contributed by atoms with van der Waals surface area (Å²) >= 11 is 0. The Bertz CT molecular complexity index is 339. The predicted octanol–water partition coefficient (Wildman–Crippen LogP) is 3.37. The van der Waals surface area contributed by atoms with Crippen LogP contribution in [0.15, 0.2) is 18.2 Å². The Morgan fingerprint density at radius 1 is 1.06 bits per heavy atom. The molecule has 0 radical (unpaired) electrons. The van der Waals surface area contributed by atoms with Gasteiger partial charge in [0.15, 0.2) is 0 Å². The van der Waals surface area contributed by atoms with Crippen LogP contribution in [0, 0.1) is 0 Å². The molecule has 0 fully saturated rings. The first-order valence-corrected chi connectivity index (χ1v) is 6.91. The summed E-state index contributed by atoms with van der Waals surface area (Å²) < 4.78 is 11.3. The van der Waals surface area contributed by atoms with E-state index in [1.165, 1.54) is 5.56 Å². The third-order valence-electron chi connectivity index (χ3n) is 2.55. The standard InChI is InChI=1S/C15H25NO2/c1-4-9-16-12-13-7-8-14(18-10-5-2)11-15(13)17-6-3/h7-8,11,16H,4-6,9-10,12H2,1-3H3. The Morgan fingerprint density at radius 2 is 1.89 bits per heavy atom. The minimum atomic E-state index is 0.679. The number of hydrogen-bond donors (Lipinski definition) is 1. The maximum absolute atomic E-state index is 5.67. The van der Waals surface area contributed by atoms with Crippen molar-refractivity contribution in [3.05, 3.63) is 23.8 Å². The van der Waals surface area contributed by atoms with Gasteiger partial charge >= 0.3 is 0 Å². The molecule has 18 heavy (non-hydrogen) atoms.